The number of carbonyl (C=O) groups excluding carboxylic acids is 1. The lowest BCUT2D eigenvalue weighted by molar-refractivity contribution is 0.0916. The van der Waals surface area contributed by atoms with Crippen molar-refractivity contribution in [2.24, 2.45) is 0 Å². The number of carbonyl (C=O) groups is 1. The standard InChI is InChI=1S/C9H11NO2/c1-4-5-8-6-7(2)12-9(11)10(8)3/h1,8H,2,5-6H2,3H3. The second-order valence-electron chi connectivity index (χ2n) is 2.78. The molecule has 0 radical (unpaired) electrons. The minimum Gasteiger partial charge on any atom is -0.415 e. The van der Waals surface area contributed by atoms with Crippen molar-refractivity contribution in [1.82, 2.24) is 4.90 Å². The zero-order chi connectivity index (χ0) is 9.14. The van der Waals surface area contributed by atoms with Gasteiger partial charge >= 0.3 is 6.09 Å². The molecule has 1 heterocycles. The van der Waals surface area contributed by atoms with Gasteiger partial charge in [-0.1, -0.05) is 6.58 Å². The van der Waals surface area contributed by atoms with Crippen LogP contribution in [0.25, 0.3) is 0 Å². The SMILES string of the molecule is C#CCC1CC(=C)OC(=O)N1C. The quantitative estimate of drug-likeness (QED) is 0.549. The molecule has 0 spiro atoms. The molecule has 0 aromatic heterocycles. The van der Waals surface area contributed by atoms with Gasteiger partial charge in [0.25, 0.3) is 0 Å². The summed E-state index contributed by atoms with van der Waals surface area (Å²) in [6.45, 7) is 3.59. The van der Waals surface area contributed by atoms with Crippen LogP contribution in [-0.2, 0) is 4.74 Å². The van der Waals surface area contributed by atoms with Crippen molar-refractivity contribution in [2.45, 2.75) is 18.9 Å². The van der Waals surface area contributed by atoms with Crippen LogP contribution in [0.2, 0.25) is 0 Å². The topological polar surface area (TPSA) is 29.5 Å². The zero-order valence-corrected chi connectivity index (χ0v) is 7.04. The highest BCUT2D eigenvalue weighted by molar-refractivity contribution is 5.70. The molecular weight excluding hydrogens is 154 g/mol. The van der Waals surface area contributed by atoms with Gasteiger partial charge in [0, 0.05) is 19.9 Å². The minimum atomic E-state index is -0.369. The molecule has 1 saturated heterocycles. The molecule has 1 amide bonds. The Bertz CT molecular complexity index is 252. The van der Waals surface area contributed by atoms with Crippen LogP contribution in [0.1, 0.15) is 12.8 Å². The van der Waals surface area contributed by atoms with Gasteiger partial charge in [0.2, 0.25) is 0 Å². The summed E-state index contributed by atoms with van der Waals surface area (Å²) in [5.74, 6) is 3.02. The Balaban J connectivity index is 2.67. The van der Waals surface area contributed by atoms with Gasteiger partial charge in [-0.2, -0.15) is 0 Å². The maximum atomic E-state index is 11.1. The van der Waals surface area contributed by atoms with Crippen LogP contribution in [0.5, 0.6) is 0 Å². The Labute approximate surface area is 72.0 Å². The van der Waals surface area contributed by atoms with E-state index in [0.29, 0.717) is 18.6 Å². The summed E-state index contributed by atoms with van der Waals surface area (Å²) in [5.41, 5.74) is 0. The summed E-state index contributed by atoms with van der Waals surface area (Å²) in [4.78, 5) is 12.6. The highest BCUT2D eigenvalue weighted by atomic mass is 16.6. The van der Waals surface area contributed by atoms with E-state index >= 15 is 0 Å². The van der Waals surface area contributed by atoms with Crippen LogP contribution < -0.4 is 0 Å². The van der Waals surface area contributed by atoms with Gasteiger partial charge in [-0.3, -0.25) is 0 Å². The number of rotatable bonds is 1. The first kappa shape index (κ1) is 8.66. The smallest absolute Gasteiger partial charge is 0.414 e. The van der Waals surface area contributed by atoms with E-state index in [9.17, 15) is 4.79 Å². The van der Waals surface area contributed by atoms with E-state index in [1.165, 1.54) is 4.90 Å². The lowest BCUT2D eigenvalue weighted by Gasteiger charge is -2.31. The second kappa shape index (κ2) is 3.31. The molecule has 1 atom stereocenters. The fraction of sp³-hybridized carbons (Fsp3) is 0.444. The third-order valence-electron chi connectivity index (χ3n) is 1.88. The molecule has 1 fully saturated rings. The largest absolute Gasteiger partial charge is 0.415 e. The van der Waals surface area contributed by atoms with Gasteiger partial charge < -0.3 is 9.64 Å². The van der Waals surface area contributed by atoms with Gasteiger partial charge in [0.05, 0.1) is 6.04 Å². The maximum Gasteiger partial charge on any atom is 0.414 e. The van der Waals surface area contributed by atoms with Crippen molar-refractivity contribution in [1.29, 1.82) is 0 Å². The number of hydrogen-bond donors (Lipinski definition) is 0. The summed E-state index contributed by atoms with van der Waals surface area (Å²) in [5, 5.41) is 0. The molecule has 0 aromatic rings. The normalized spacial score (nSPS) is 23.3. The molecule has 1 unspecified atom stereocenters. The van der Waals surface area contributed by atoms with Crippen LogP contribution in [0.15, 0.2) is 12.3 Å². The average molecular weight is 165 g/mol. The molecule has 1 aliphatic heterocycles. The summed E-state index contributed by atoms with van der Waals surface area (Å²) in [6.07, 6.45) is 5.96. The third kappa shape index (κ3) is 1.59. The number of terminal acetylenes is 1. The van der Waals surface area contributed by atoms with Crippen molar-refractivity contribution in [3.05, 3.63) is 12.3 Å². The second-order valence-corrected chi connectivity index (χ2v) is 2.78. The highest BCUT2D eigenvalue weighted by Gasteiger charge is 2.27. The molecule has 0 saturated carbocycles. The molecule has 1 aliphatic rings. The molecular formula is C9H11NO2. The van der Waals surface area contributed by atoms with Crippen molar-refractivity contribution < 1.29 is 9.53 Å². The summed E-state index contributed by atoms with van der Waals surface area (Å²) in [7, 11) is 1.68. The first-order chi connectivity index (χ1) is 5.65. The fourth-order valence-corrected chi connectivity index (χ4v) is 1.13. The minimum absolute atomic E-state index is 0.0451. The highest BCUT2D eigenvalue weighted by Crippen LogP contribution is 2.20. The predicted molar refractivity (Wildman–Crippen MR) is 45.2 cm³/mol. The molecule has 0 aromatic carbocycles. The van der Waals surface area contributed by atoms with E-state index in [4.69, 9.17) is 11.2 Å². The lowest BCUT2D eigenvalue weighted by Crippen LogP contribution is -2.41. The zero-order valence-electron chi connectivity index (χ0n) is 7.04. The third-order valence-corrected chi connectivity index (χ3v) is 1.88. The van der Waals surface area contributed by atoms with Crippen LogP contribution in [0.3, 0.4) is 0 Å². The Kier molecular flexibility index (Phi) is 2.39. The molecule has 0 aliphatic carbocycles. The fourth-order valence-electron chi connectivity index (χ4n) is 1.13. The van der Waals surface area contributed by atoms with Crippen LogP contribution in [0.4, 0.5) is 4.79 Å². The van der Waals surface area contributed by atoms with Crippen molar-refractivity contribution in [2.75, 3.05) is 7.05 Å². The number of cyclic esters (lactones) is 1. The van der Waals surface area contributed by atoms with Gasteiger partial charge in [-0.25, -0.2) is 4.79 Å². The Morgan fingerprint density at radius 3 is 3.17 bits per heavy atom. The van der Waals surface area contributed by atoms with Crippen molar-refractivity contribution in [3.8, 4) is 12.3 Å². The first-order valence-corrected chi connectivity index (χ1v) is 3.71. The van der Waals surface area contributed by atoms with E-state index in [2.05, 4.69) is 12.5 Å². The predicted octanol–water partition coefficient (Wildman–Crippen LogP) is 1.36. The van der Waals surface area contributed by atoms with E-state index in [-0.39, 0.29) is 12.1 Å². The molecule has 1 rings (SSSR count). The Morgan fingerprint density at radius 2 is 2.58 bits per heavy atom. The van der Waals surface area contributed by atoms with Crippen molar-refractivity contribution >= 4 is 6.09 Å². The molecule has 3 heteroatoms. The van der Waals surface area contributed by atoms with Crippen molar-refractivity contribution in [3.63, 3.8) is 0 Å². The van der Waals surface area contributed by atoms with Gasteiger partial charge in [0.15, 0.2) is 0 Å². The molecule has 3 nitrogen and oxygen atoms in total. The lowest BCUT2D eigenvalue weighted by atomic mass is 10.1. The van der Waals surface area contributed by atoms with Gasteiger partial charge in [0.1, 0.15) is 5.76 Å². The van der Waals surface area contributed by atoms with Crippen LogP contribution >= 0.6 is 0 Å². The monoisotopic (exact) mass is 165 g/mol. The van der Waals surface area contributed by atoms with E-state index in [0.717, 1.165) is 0 Å². The number of ether oxygens (including phenoxy) is 1. The molecule has 64 valence electrons. The van der Waals surface area contributed by atoms with Crippen LogP contribution in [0, 0.1) is 12.3 Å². The Morgan fingerprint density at radius 1 is 1.92 bits per heavy atom. The molecule has 0 N–H and O–H groups in total. The molecule has 12 heavy (non-hydrogen) atoms. The molecule has 0 bridgehead atoms. The van der Waals surface area contributed by atoms with Gasteiger partial charge in [-0.05, 0) is 0 Å². The number of amides is 1. The van der Waals surface area contributed by atoms with Gasteiger partial charge in [-0.15, -0.1) is 12.3 Å². The van der Waals surface area contributed by atoms with E-state index in [1.807, 2.05) is 0 Å². The Hall–Kier alpha value is -1.43. The first-order valence-electron chi connectivity index (χ1n) is 3.71. The van der Waals surface area contributed by atoms with E-state index < -0.39 is 0 Å². The average Bonchev–Trinajstić information content (AvgIpc) is 2.00. The number of hydrogen-bond acceptors (Lipinski definition) is 2. The number of nitrogens with zero attached hydrogens (tertiary/aromatic N) is 1. The van der Waals surface area contributed by atoms with E-state index in [1.54, 1.807) is 7.05 Å². The van der Waals surface area contributed by atoms with Crippen LogP contribution in [-0.4, -0.2) is 24.1 Å². The summed E-state index contributed by atoms with van der Waals surface area (Å²) in [6, 6.07) is 0.0451. The maximum absolute atomic E-state index is 11.1. The summed E-state index contributed by atoms with van der Waals surface area (Å²) >= 11 is 0. The summed E-state index contributed by atoms with van der Waals surface area (Å²) < 4.78 is 4.80.